The smallest absolute Gasteiger partial charge is 0.224 e. The van der Waals surface area contributed by atoms with Crippen LogP contribution in [0.2, 0.25) is 5.02 Å². The zero-order valence-corrected chi connectivity index (χ0v) is 12.0. The first-order valence-electron chi connectivity index (χ1n) is 6.65. The van der Waals surface area contributed by atoms with Gasteiger partial charge < -0.3 is 5.32 Å². The summed E-state index contributed by atoms with van der Waals surface area (Å²) in [7, 11) is 1.87. The predicted molar refractivity (Wildman–Crippen MR) is 77.4 cm³/mol. The van der Waals surface area contributed by atoms with Crippen LogP contribution in [0.4, 0.5) is 0 Å². The van der Waals surface area contributed by atoms with Gasteiger partial charge in [0.15, 0.2) is 0 Å². The number of aromatic nitrogens is 2. The van der Waals surface area contributed by atoms with Crippen molar-refractivity contribution in [2.24, 2.45) is 13.0 Å². The quantitative estimate of drug-likeness (QED) is 0.940. The first-order chi connectivity index (χ1) is 9.65. The molecule has 20 heavy (non-hydrogen) atoms. The van der Waals surface area contributed by atoms with Crippen molar-refractivity contribution in [3.63, 3.8) is 0 Å². The molecule has 104 valence electrons. The second kappa shape index (κ2) is 5.29. The number of benzene rings is 1. The van der Waals surface area contributed by atoms with Crippen molar-refractivity contribution in [3.05, 3.63) is 52.8 Å². The van der Waals surface area contributed by atoms with Gasteiger partial charge in [-0.25, -0.2) is 0 Å². The van der Waals surface area contributed by atoms with Gasteiger partial charge in [0, 0.05) is 24.2 Å². The molecule has 4 nitrogen and oxygen atoms in total. The number of nitrogens with one attached hydrogen (secondary N) is 1. The van der Waals surface area contributed by atoms with E-state index in [9.17, 15) is 4.79 Å². The van der Waals surface area contributed by atoms with E-state index >= 15 is 0 Å². The minimum Gasteiger partial charge on any atom is -0.350 e. The van der Waals surface area contributed by atoms with Crippen LogP contribution in [0.3, 0.4) is 0 Å². The fourth-order valence-corrected chi connectivity index (χ4v) is 2.57. The van der Waals surface area contributed by atoms with Crippen LogP contribution in [-0.4, -0.2) is 15.7 Å². The maximum absolute atomic E-state index is 12.1. The Morgan fingerprint density at radius 3 is 2.80 bits per heavy atom. The summed E-state index contributed by atoms with van der Waals surface area (Å²) in [6, 6.07) is 9.66. The second-order valence-electron chi connectivity index (χ2n) is 5.16. The predicted octanol–water partition coefficient (Wildman–Crippen LogP) is 2.49. The van der Waals surface area contributed by atoms with Gasteiger partial charge in [0.2, 0.25) is 5.91 Å². The van der Waals surface area contributed by atoms with Crippen molar-refractivity contribution >= 4 is 17.5 Å². The standard InChI is InChI=1S/C15H16ClN3O/c1-19-12(6-7-18-19)9-17-15(20)14-8-13(14)10-2-4-11(16)5-3-10/h2-7,13-14H,8-9H2,1H3,(H,17,20)/t13-,14-/m1/s1. The lowest BCUT2D eigenvalue weighted by atomic mass is 10.1. The highest BCUT2D eigenvalue weighted by Gasteiger charge is 2.43. The summed E-state index contributed by atoms with van der Waals surface area (Å²) in [4.78, 5) is 12.1. The molecule has 1 N–H and O–H groups in total. The van der Waals surface area contributed by atoms with Crippen molar-refractivity contribution < 1.29 is 4.79 Å². The molecule has 1 aromatic carbocycles. The van der Waals surface area contributed by atoms with Crippen LogP contribution in [0.15, 0.2) is 36.5 Å². The van der Waals surface area contributed by atoms with Crippen LogP contribution in [0.5, 0.6) is 0 Å². The zero-order chi connectivity index (χ0) is 14.1. The highest BCUT2D eigenvalue weighted by Crippen LogP contribution is 2.47. The minimum absolute atomic E-state index is 0.0874. The Kier molecular flexibility index (Phi) is 3.49. The molecule has 2 atom stereocenters. The Balaban J connectivity index is 1.55. The molecule has 3 rings (SSSR count). The number of carbonyl (C=O) groups excluding carboxylic acids is 1. The summed E-state index contributed by atoms with van der Waals surface area (Å²) in [5.41, 5.74) is 2.19. The number of hydrogen-bond donors (Lipinski definition) is 1. The summed E-state index contributed by atoms with van der Waals surface area (Å²) in [5.74, 6) is 0.536. The van der Waals surface area contributed by atoms with Gasteiger partial charge in [-0.05, 0) is 36.1 Å². The lowest BCUT2D eigenvalue weighted by Gasteiger charge is -2.05. The number of hydrogen-bond acceptors (Lipinski definition) is 2. The van der Waals surface area contributed by atoms with Crippen LogP contribution < -0.4 is 5.32 Å². The van der Waals surface area contributed by atoms with Gasteiger partial charge in [0.1, 0.15) is 0 Å². The van der Waals surface area contributed by atoms with Crippen LogP contribution in [0, 0.1) is 5.92 Å². The van der Waals surface area contributed by atoms with Crippen LogP contribution in [0.25, 0.3) is 0 Å². The summed E-state index contributed by atoms with van der Waals surface area (Å²) >= 11 is 5.87. The van der Waals surface area contributed by atoms with E-state index in [0.29, 0.717) is 12.5 Å². The summed E-state index contributed by atoms with van der Waals surface area (Å²) in [5, 5.41) is 7.78. The normalized spacial score (nSPS) is 20.7. The van der Waals surface area contributed by atoms with Crippen molar-refractivity contribution in [2.45, 2.75) is 18.9 Å². The largest absolute Gasteiger partial charge is 0.350 e. The Labute approximate surface area is 122 Å². The SMILES string of the molecule is Cn1nccc1CNC(=O)[C@@H]1C[C@@H]1c1ccc(Cl)cc1. The van der Waals surface area contributed by atoms with Gasteiger partial charge in [-0.15, -0.1) is 0 Å². The first kappa shape index (κ1) is 13.2. The fraction of sp³-hybridized carbons (Fsp3) is 0.333. The molecule has 0 unspecified atom stereocenters. The number of amides is 1. The van der Waals surface area contributed by atoms with Gasteiger partial charge in [-0.3, -0.25) is 9.48 Å². The van der Waals surface area contributed by atoms with E-state index in [1.807, 2.05) is 37.4 Å². The molecule has 1 aromatic heterocycles. The molecule has 5 heteroatoms. The summed E-state index contributed by atoms with van der Waals surface area (Å²) in [6.45, 7) is 0.527. The lowest BCUT2D eigenvalue weighted by molar-refractivity contribution is -0.122. The molecular formula is C15H16ClN3O. The monoisotopic (exact) mass is 289 g/mol. The van der Waals surface area contributed by atoms with E-state index in [4.69, 9.17) is 11.6 Å². The fourth-order valence-electron chi connectivity index (χ4n) is 2.45. The topological polar surface area (TPSA) is 46.9 Å². The van der Waals surface area contributed by atoms with Gasteiger partial charge >= 0.3 is 0 Å². The average Bonchev–Trinajstić information content (AvgIpc) is 3.14. The van der Waals surface area contributed by atoms with E-state index in [2.05, 4.69) is 10.4 Å². The summed E-state index contributed by atoms with van der Waals surface area (Å²) in [6.07, 6.45) is 2.65. The molecule has 0 spiro atoms. The molecule has 1 aliphatic carbocycles. The molecule has 0 radical (unpaired) electrons. The Hall–Kier alpha value is -1.81. The number of halogens is 1. The average molecular weight is 290 g/mol. The number of rotatable bonds is 4. The molecular weight excluding hydrogens is 274 g/mol. The molecule has 0 aliphatic heterocycles. The molecule has 0 saturated heterocycles. The van der Waals surface area contributed by atoms with Gasteiger partial charge in [-0.1, -0.05) is 23.7 Å². The molecule has 1 saturated carbocycles. The van der Waals surface area contributed by atoms with E-state index in [0.717, 1.165) is 17.1 Å². The molecule has 2 aromatic rings. The maximum Gasteiger partial charge on any atom is 0.224 e. The maximum atomic E-state index is 12.1. The minimum atomic E-state index is 0.0874. The third-order valence-electron chi connectivity index (χ3n) is 3.79. The molecule has 1 fully saturated rings. The number of aryl methyl sites for hydroxylation is 1. The molecule has 1 heterocycles. The molecule has 1 aliphatic rings. The zero-order valence-electron chi connectivity index (χ0n) is 11.2. The van der Waals surface area contributed by atoms with Crippen molar-refractivity contribution in [3.8, 4) is 0 Å². The van der Waals surface area contributed by atoms with Gasteiger partial charge in [-0.2, -0.15) is 5.10 Å². The molecule has 1 amide bonds. The second-order valence-corrected chi connectivity index (χ2v) is 5.60. The number of carbonyl (C=O) groups is 1. The first-order valence-corrected chi connectivity index (χ1v) is 7.03. The van der Waals surface area contributed by atoms with Crippen LogP contribution >= 0.6 is 11.6 Å². The number of nitrogens with zero attached hydrogens (tertiary/aromatic N) is 2. The van der Waals surface area contributed by atoms with Crippen molar-refractivity contribution in [1.82, 2.24) is 15.1 Å². The van der Waals surface area contributed by atoms with E-state index < -0.39 is 0 Å². The van der Waals surface area contributed by atoms with E-state index in [-0.39, 0.29) is 11.8 Å². The van der Waals surface area contributed by atoms with Gasteiger partial charge in [0.05, 0.1) is 12.2 Å². The third-order valence-corrected chi connectivity index (χ3v) is 4.04. The van der Waals surface area contributed by atoms with E-state index in [1.165, 1.54) is 5.56 Å². The summed E-state index contributed by atoms with van der Waals surface area (Å²) < 4.78 is 1.77. The van der Waals surface area contributed by atoms with Crippen molar-refractivity contribution in [2.75, 3.05) is 0 Å². The van der Waals surface area contributed by atoms with Gasteiger partial charge in [0.25, 0.3) is 0 Å². The van der Waals surface area contributed by atoms with Crippen molar-refractivity contribution in [1.29, 1.82) is 0 Å². The van der Waals surface area contributed by atoms with E-state index in [1.54, 1.807) is 10.9 Å². The lowest BCUT2D eigenvalue weighted by Crippen LogP contribution is -2.25. The van der Waals surface area contributed by atoms with Crippen LogP contribution in [0.1, 0.15) is 23.6 Å². The Morgan fingerprint density at radius 1 is 1.40 bits per heavy atom. The third kappa shape index (κ3) is 2.70. The Bertz CT molecular complexity index is 620. The molecule has 0 bridgehead atoms. The highest BCUT2D eigenvalue weighted by molar-refractivity contribution is 6.30. The van der Waals surface area contributed by atoms with Crippen LogP contribution in [-0.2, 0) is 18.4 Å². The highest BCUT2D eigenvalue weighted by atomic mass is 35.5. The Morgan fingerprint density at radius 2 is 2.15 bits per heavy atom.